The quantitative estimate of drug-likeness (QED) is 0.831. The van der Waals surface area contributed by atoms with E-state index in [1.165, 1.54) is 31.2 Å². The highest BCUT2D eigenvalue weighted by atomic mass is 35.5. The molecule has 0 saturated heterocycles. The van der Waals surface area contributed by atoms with E-state index in [2.05, 4.69) is 29.6 Å². The van der Waals surface area contributed by atoms with Crippen LogP contribution in [0.15, 0.2) is 24.3 Å². The molecule has 1 aromatic rings. The van der Waals surface area contributed by atoms with Gasteiger partial charge in [-0.15, -0.1) is 0 Å². The normalized spacial score (nSPS) is 22.1. The maximum absolute atomic E-state index is 5.89. The van der Waals surface area contributed by atoms with E-state index in [0.717, 1.165) is 16.7 Å². The predicted octanol–water partition coefficient (Wildman–Crippen LogP) is 3.18. The van der Waals surface area contributed by atoms with Gasteiger partial charge in [-0.2, -0.15) is 0 Å². The molecule has 1 aromatic carbocycles. The minimum Gasteiger partial charge on any atom is -0.359 e. The zero-order valence-corrected chi connectivity index (χ0v) is 14.3. The molecule has 0 aliphatic heterocycles. The topological polar surface area (TPSA) is 27.3 Å². The molecule has 1 fully saturated rings. The molecule has 1 aliphatic rings. The second kappa shape index (κ2) is 7.97. The van der Waals surface area contributed by atoms with Crippen molar-refractivity contribution in [2.45, 2.75) is 44.3 Å². The van der Waals surface area contributed by atoms with Crippen molar-refractivity contribution in [3.8, 4) is 0 Å². The molecular formula is C16H24ClN3S. The standard InChI is InChI=1S/C16H24ClN3S/c1-20(2)15-6-4-3-5-14(15)19-16(21)18-11-12-7-9-13(17)10-8-12/h7-10,14-15H,3-6,11H2,1-2H3,(H2,18,19,21). The van der Waals surface area contributed by atoms with Gasteiger partial charge in [-0.1, -0.05) is 36.6 Å². The van der Waals surface area contributed by atoms with E-state index in [0.29, 0.717) is 12.1 Å². The van der Waals surface area contributed by atoms with E-state index in [9.17, 15) is 0 Å². The molecule has 116 valence electrons. The minimum atomic E-state index is 0.443. The first-order valence-electron chi connectivity index (χ1n) is 7.51. The van der Waals surface area contributed by atoms with Gasteiger partial charge in [-0.3, -0.25) is 0 Å². The number of nitrogens with zero attached hydrogens (tertiary/aromatic N) is 1. The van der Waals surface area contributed by atoms with E-state index in [-0.39, 0.29) is 0 Å². The van der Waals surface area contributed by atoms with Gasteiger partial charge in [0.2, 0.25) is 0 Å². The third kappa shape index (κ3) is 5.13. The van der Waals surface area contributed by atoms with Crippen LogP contribution in [0.5, 0.6) is 0 Å². The molecule has 0 radical (unpaired) electrons. The van der Waals surface area contributed by atoms with Crippen LogP contribution in [0, 0.1) is 0 Å². The molecule has 0 heterocycles. The Morgan fingerprint density at radius 2 is 1.90 bits per heavy atom. The van der Waals surface area contributed by atoms with Gasteiger partial charge in [-0.25, -0.2) is 0 Å². The molecule has 3 nitrogen and oxygen atoms in total. The number of nitrogens with one attached hydrogen (secondary N) is 2. The summed E-state index contributed by atoms with van der Waals surface area (Å²) in [5.41, 5.74) is 1.18. The molecule has 2 rings (SSSR count). The summed E-state index contributed by atoms with van der Waals surface area (Å²) in [4.78, 5) is 2.30. The molecule has 1 saturated carbocycles. The summed E-state index contributed by atoms with van der Waals surface area (Å²) < 4.78 is 0. The molecule has 21 heavy (non-hydrogen) atoms. The van der Waals surface area contributed by atoms with E-state index in [1.54, 1.807) is 0 Å². The fourth-order valence-electron chi connectivity index (χ4n) is 2.90. The van der Waals surface area contributed by atoms with Gasteiger partial charge in [0.25, 0.3) is 0 Å². The lowest BCUT2D eigenvalue weighted by atomic mass is 9.90. The summed E-state index contributed by atoms with van der Waals surface area (Å²) in [6.45, 7) is 0.725. The third-order valence-electron chi connectivity index (χ3n) is 4.08. The Balaban J connectivity index is 1.81. The van der Waals surface area contributed by atoms with Crippen molar-refractivity contribution < 1.29 is 0 Å². The smallest absolute Gasteiger partial charge is 0.166 e. The fourth-order valence-corrected chi connectivity index (χ4v) is 3.25. The van der Waals surface area contributed by atoms with Crippen molar-refractivity contribution in [3.05, 3.63) is 34.9 Å². The highest BCUT2D eigenvalue weighted by Crippen LogP contribution is 2.21. The van der Waals surface area contributed by atoms with Crippen molar-refractivity contribution >= 4 is 28.9 Å². The lowest BCUT2D eigenvalue weighted by Crippen LogP contribution is -2.53. The second-order valence-corrected chi connectivity index (χ2v) is 6.72. The third-order valence-corrected chi connectivity index (χ3v) is 4.59. The first-order chi connectivity index (χ1) is 10.1. The molecule has 2 N–H and O–H groups in total. The molecule has 1 aliphatic carbocycles. The number of hydrogen-bond donors (Lipinski definition) is 2. The van der Waals surface area contributed by atoms with Crippen molar-refractivity contribution in [1.29, 1.82) is 0 Å². The van der Waals surface area contributed by atoms with Crippen LogP contribution in [0.1, 0.15) is 31.2 Å². The van der Waals surface area contributed by atoms with Crippen LogP contribution >= 0.6 is 23.8 Å². The largest absolute Gasteiger partial charge is 0.359 e. The van der Waals surface area contributed by atoms with Gasteiger partial charge in [0.15, 0.2) is 5.11 Å². The van der Waals surface area contributed by atoms with Gasteiger partial charge in [0.05, 0.1) is 0 Å². The predicted molar refractivity (Wildman–Crippen MR) is 93.8 cm³/mol. The molecule has 2 atom stereocenters. The molecule has 2 unspecified atom stereocenters. The maximum Gasteiger partial charge on any atom is 0.166 e. The van der Waals surface area contributed by atoms with Crippen LogP contribution in [0.25, 0.3) is 0 Å². The Morgan fingerprint density at radius 1 is 1.24 bits per heavy atom. The number of likely N-dealkylation sites (N-methyl/N-ethyl adjacent to an activating group) is 1. The van der Waals surface area contributed by atoms with Crippen LogP contribution in [-0.4, -0.2) is 36.2 Å². The highest BCUT2D eigenvalue weighted by molar-refractivity contribution is 7.80. The average molecular weight is 326 g/mol. The van der Waals surface area contributed by atoms with Crippen molar-refractivity contribution in [2.24, 2.45) is 0 Å². The fraction of sp³-hybridized carbons (Fsp3) is 0.562. The number of halogens is 1. The van der Waals surface area contributed by atoms with Gasteiger partial charge in [0, 0.05) is 23.7 Å². The number of rotatable bonds is 4. The maximum atomic E-state index is 5.89. The van der Waals surface area contributed by atoms with Gasteiger partial charge in [0.1, 0.15) is 0 Å². The highest BCUT2D eigenvalue weighted by Gasteiger charge is 2.26. The van der Waals surface area contributed by atoms with E-state index >= 15 is 0 Å². The lowest BCUT2D eigenvalue weighted by Gasteiger charge is -2.37. The zero-order valence-electron chi connectivity index (χ0n) is 12.7. The SMILES string of the molecule is CN(C)C1CCCCC1NC(=S)NCc1ccc(Cl)cc1. The van der Waals surface area contributed by atoms with Gasteiger partial charge < -0.3 is 15.5 Å². The van der Waals surface area contributed by atoms with Gasteiger partial charge in [-0.05, 0) is 56.9 Å². The molecule has 5 heteroatoms. The Labute approximate surface area is 138 Å². The Hall–Kier alpha value is -0.840. The second-order valence-electron chi connectivity index (χ2n) is 5.88. The number of benzene rings is 1. The first-order valence-corrected chi connectivity index (χ1v) is 8.30. The van der Waals surface area contributed by atoms with Crippen LogP contribution in [0.4, 0.5) is 0 Å². The number of thiocarbonyl (C=S) groups is 1. The summed E-state index contributed by atoms with van der Waals surface area (Å²) in [6.07, 6.45) is 5.02. The molecule has 0 spiro atoms. The Kier molecular flexibility index (Phi) is 6.27. The van der Waals surface area contributed by atoms with E-state index in [4.69, 9.17) is 23.8 Å². The van der Waals surface area contributed by atoms with Gasteiger partial charge >= 0.3 is 0 Å². The van der Waals surface area contributed by atoms with Crippen LogP contribution in [0.3, 0.4) is 0 Å². The van der Waals surface area contributed by atoms with E-state index in [1.807, 2.05) is 24.3 Å². The molecular weight excluding hydrogens is 302 g/mol. The molecule has 0 aromatic heterocycles. The van der Waals surface area contributed by atoms with Crippen LogP contribution in [-0.2, 0) is 6.54 Å². The Morgan fingerprint density at radius 3 is 2.57 bits per heavy atom. The van der Waals surface area contributed by atoms with Crippen molar-refractivity contribution in [2.75, 3.05) is 14.1 Å². The molecule has 0 amide bonds. The summed E-state index contributed by atoms with van der Waals surface area (Å²) in [6, 6.07) is 8.84. The minimum absolute atomic E-state index is 0.443. The summed E-state index contributed by atoms with van der Waals surface area (Å²) >= 11 is 11.3. The summed E-state index contributed by atoms with van der Waals surface area (Å²) in [5.74, 6) is 0. The number of hydrogen-bond acceptors (Lipinski definition) is 2. The van der Waals surface area contributed by atoms with E-state index < -0.39 is 0 Å². The zero-order chi connectivity index (χ0) is 15.2. The van der Waals surface area contributed by atoms with Crippen molar-refractivity contribution in [1.82, 2.24) is 15.5 Å². The van der Waals surface area contributed by atoms with Crippen LogP contribution in [0.2, 0.25) is 5.02 Å². The summed E-state index contributed by atoms with van der Waals surface area (Å²) in [7, 11) is 4.30. The monoisotopic (exact) mass is 325 g/mol. The van der Waals surface area contributed by atoms with Crippen LogP contribution < -0.4 is 10.6 Å². The van der Waals surface area contributed by atoms with Crippen molar-refractivity contribution in [3.63, 3.8) is 0 Å². The molecule has 0 bridgehead atoms. The summed E-state index contributed by atoms with van der Waals surface area (Å²) in [5, 5.41) is 8.27. The average Bonchev–Trinajstić information content (AvgIpc) is 2.47. The first kappa shape index (κ1) is 16.5. The lowest BCUT2D eigenvalue weighted by molar-refractivity contribution is 0.190. The Bertz CT molecular complexity index is 461.